The Morgan fingerprint density at radius 3 is 2.84 bits per heavy atom. The molecule has 1 heterocycles. The average Bonchev–Trinajstić information content (AvgIpc) is 2.33. The summed E-state index contributed by atoms with van der Waals surface area (Å²) in [6, 6.07) is 3.33. The number of benzene rings is 1. The summed E-state index contributed by atoms with van der Waals surface area (Å²) in [5.74, 6) is -1.16. The zero-order valence-corrected chi connectivity index (χ0v) is 11.3. The quantitative estimate of drug-likeness (QED) is 0.914. The van der Waals surface area contributed by atoms with Gasteiger partial charge in [-0.05, 0) is 19.9 Å². The zero-order valence-electron chi connectivity index (χ0n) is 11.3. The van der Waals surface area contributed by atoms with Crippen LogP contribution < -0.4 is 5.73 Å². The van der Waals surface area contributed by atoms with Gasteiger partial charge in [0.1, 0.15) is 11.6 Å². The molecule has 0 bridgehead atoms. The van der Waals surface area contributed by atoms with Crippen molar-refractivity contribution >= 4 is 0 Å². The van der Waals surface area contributed by atoms with Crippen molar-refractivity contribution in [3.8, 4) is 0 Å². The van der Waals surface area contributed by atoms with Crippen LogP contribution in [0.15, 0.2) is 18.2 Å². The summed E-state index contributed by atoms with van der Waals surface area (Å²) in [7, 11) is 0. The molecule has 3 atom stereocenters. The summed E-state index contributed by atoms with van der Waals surface area (Å²) >= 11 is 0. The minimum Gasteiger partial charge on any atom is -0.376 e. The second-order valence-electron chi connectivity index (χ2n) is 5.22. The van der Waals surface area contributed by atoms with E-state index in [-0.39, 0.29) is 12.1 Å². The van der Waals surface area contributed by atoms with Crippen LogP contribution in [-0.2, 0) is 4.74 Å². The Morgan fingerprint density at radius 2 is 2.16 bits per heavy atom. The molecule has 1 saturated heterocycles. The first-order valence-electron chi connectivity index (χ1n) is 6.53. The van der Waals surface area contributed by atoms with Crippen LogP contribution in [0.2, 0.25) is 0 Å². The first kappa shape index (κ1) is 14.4. The number of nitrogens with two attached hydrogens (primary N) is 1. The lowest BCUT2D eigenvalue weighted by Crippen LogP contribution is -2.49. The molecule has 2 rings (SSSR count). The van der Waals surface area contributed by atoms with Gasteiger partial charge in [0.15, 0.2) is 0 Å². The molecular formula is C14H20F2N2O. The van der Waals surface area contributed by atoms with Crippen molar-refractivity contribution in [2.45, 2.75) is 32.0 Å². The fourth-order valence-corrected chi connectivity index (χ4v) is 2.38. The fourth-order valence-electron chi connectivity index (χ4n) is 2.38. The lowest BCUT2D eigenvalue weighted by atomic mass is 10.0. The van der Waals surface area contributed by atoms with Gasteiger partial charge >= 0.3 is 0 Å². The van der Waals surface area contributed by atoms with E-state index in [1.165, 1.54) is 12.1 Å². The smallest absolute Gasteiger partial charge is 0.130 e. The molecule has 106 valence electrons. The topological polar surface area (TPSA) is 38.5 Å². The first-order chi connectivity index (χ1) is 8.97. The van der Waals surface area contributed by atoms with Crippen molar-refractivity contribution in [3.05, 3.63) is 35.4 Å². The Bertz CT molecular complexity index is 441. The molecule has 0 radical (unpaired) electrons. The minimum absolute atomic E-state index is 0.154. The molecule has 0 aromatic heterocycles. The second kappa shape index (κ2) is 5.94. The molecule has 1 fully saturated rings. The summed E-state index contributed by atoms with van der Waals surface area (Å²) in [4.78, 5) is 2.18. The molecular weight excluding hydrogens is 250 g/mol. The normalized spacial score (nSPS) is 26.4. The number of morpholine rings is 1. The van der Waals surface area contributed by atoms with Crippen molar-refractivity contribution in [1.82, 2.24) is 4.90 Å². The summed E-state index contributed by atoms with van der Waals surface area (Å²) < 4.78 is 32.1. The van der Waals surface area contributed by atoms with E-state index < -0.39 is 17.7 Å². The number of hydrogen-bond acceptors (Lipinski definition) is 3. The van der Waals surface area contributed by atoms with Crippen molar-refractivity contribution in [2.24, 2.45) is 5.73 Å². The maximum atomic E-state index is 13.7. The second-order valence-corrected chi connectivity index (χ2v) is 5.22. The monoisotopic (exact) mass is 270 g/mol. The van der Waals surface area contributed by atoms with Gasteiger partial charge in [-0.1, -0.05) is 6.07 Å². The summed E-state index contributed by atoms with van der Waals surface area (Å²) in [5.41, 5.74) is 6.39. The first-order valence-corrected chi connectivity index (χ1v) is 6.53. The number of ether oxygens (including phenoxy) is 1. The van der Waals surface area contributed by atoms with E-state index in [1.807, 2.05) is 6.92 Å². The maximum Gasteiger partial charge on any atom is 0.130 e. The molecule has 1 aliphatic heterocycles. The van der Waals surface area contributed by atoms with Gasteiger partial charge in [0.2, 0.25) is 0 Å². The van der Waals surface area contributed by atoms with Crippen LogP contribution in [0.4, 0.5) is 8.78 Å². The molecule has 3 unspecified atom stereocenters. The van der Waals surface area contributed by atoms with Gasteiger partial charge in [0.05, 0.1) is 12.7 Å². The number of halogens is 2. The highest BCUT2D eigenvalue weighted by molar-refractivity contribution is 5.22. The van der Waals surface area contributed by atoms with Gasteiger partial charge in [-0.25, -0.2) is 8.78 Å². The van der Waals surface area contributed by atoms with Gasteiger partial charge in [0, 0.05) is 36.8 Å². The summed E-state index contributed by atoms with van der Waals surface area (Å²) in [6.07, 6.45) is 0.154. The van der Waals surface area contributed by atoms with Crippen LogP contribution in [0.3, 0.4) is 0 Å². The minimum atomic E-state index is -0.582. The highest BCUT2D eigenvalue weighted by Gasteiger charge is 2.26. The largest absolute Gasteiger partial charge is 0.376 e. The Labute approximate surface area is 112 Å². The van der Waals surface area contributed by atoms with E-state index in [0.717, 1.165) is 12.6 Å². The van der Waals surface area contributed by atoms with Crippen molar-refractivity contribution < 1.29 is 13.5 Å². The van der Waals surface area contributed by atoms with Crippen LogP contribution in [-0.4, -0.2) is 36.7 Å². The van der Waals surface area contributed by atoms with Crippen molar-refractivity contribution in [2.75, 3.05) is 19.7 Å². The summed E-state index contributed by atoms with van der Waals surface area (Å²) in [5, 5.41) is 0. The van der Waals surface area contributed by atoms with Gasteiger partial charge in [0.25, 0.3) is 0 Å². The predicted molar refractivity (Wildman–Crippen MR) is 69.7 cm³/mol. The molecule has 2 N–H and O–H groups in total. The number of hydrogen-bond donors (Lipinski definition) is 1. The highest BCUT2D eigenvalue weighted by atomic mass is 19.1. The number of rotatable bonds is 3. The molecule has 1 aromatic carbocycles. The third-order valence-electron chi connectivity index (χ3n) is 3.53. The van der Waals surface area contributed by atoms with Crippen LogP contribution in [0, 0.1) is 11.6 Å². The highest BCUT2D eigenvalue weighted by Crippen LogP contribution is 2.20. The van der Waals surface area contributed by atoms with Gasteiger partial charge in [-0.3, -0.25) is 4.90 Å². The van der Waals surface area contributed by atoms with E-state index in [9.17, 15) is 8.78 Å². The lowest BCUT2D eigenvalue weighted by molar-refractivity contribution is -0.0511. The van der Waals surface area contributed by atoms with E-state index in [1.54, 1.807) is 0 Å². The van der Waals surface area contributed by atoms with Crippen LogP contribution in [0.25, 0.3) is 0 Å². The van der Waals surface area contributed by atoms with Gasteiger partial charge in [-0.15, -0.1) is 0 Å². The zero-order chi connectivity index (χ0) is 14.0. The van der Waals surface area contributed by atoms with Crippen LogP contribution in [0.5, 0.6) is 0 Å². The molecule has 1 aliphatic rings. The molecule has 3 nitrogen and oxygen atoms in total. The van der Waals surface area contributed by atoms with E-state index in [2.05, 4.69) is 11.8 Å². The molecule has 5 heteroatoms. The van der Waals surface area contributed by atoms with Crippen molar-refractivity contribution in [3.63, 3.8) is 0 Å². The third-order valence-corrected chi connectivity index (χ3v) is 3.53. The van der Waals surface area contributed by atoms with Crippen molar-refractivity contribution in [1.29, 1.82) is 0 Å². The van der Waals surface area contributed by atoms with Crippen LogP contribution in [0.1, 0.15) is 25.5 Å². The lowest BCUT2D eigenvalue weighted by Gasteiger charge is -2.38. The average molecular weight is 270 g/mol. The Balaban J connectivity index is 2.05. The standard InChI is InChI=1S/C14H20F2N2O/c1-9-8-19-10(2)6-18(9)7-14(17)12-4-3-11(15)5-13(12)16/h3-5,9-10,14H,6-8,17H2,1-2H3. The molecule has 0 spiro atoms. The van der Waals surface area contributed by atoms with E-state index >= 15 is 0 Å². The van der Waals surface area contributed by atoms with E-state index in [0.29, 0.717) is 18.7 Å². The predicted octanol–water partition coefficient (Wildman–Crippen LogP) is 2.07. The van der Waals surface area contributed by atoms with Gasteiger partial charge < -0.3 is 10.5 Å². The van der Waals surface area contributed by atoms with Crippen LogP contribution >= 0.6 is 0 Å². The van der Waals surface area contributed by atoms with E-state index in [4.69, 9.17) is 10.5 Å². The Kier molecular flexibility index (Phi) is 4.50. The molecule has 0 saturated carbocycles. The third kappa shape index (κ3) is 3.49. The Morgan fingerprint density at radius 1 is 1.42 bits per heavy atom. The molecule has 0 aliphatic carbocycles. The van der Waals surface area contributed by atoms with Gasteiger partial charge in [-0.2, -0.15) is 0 Å². The Hall–Kier alpha value is -1.04. The molecule has 19 heavy (non-hydrogen) atoms. The SMILES string of the molecule is CC1CN(CC(N)c2ccc(F)cc2F)C(C)CO1. The summed E-state index contributed by atoms with van der Waals surface area (Å²) in [6.45, 7) is 6.03. The maximum absolute atomic E-state index is 13.7. The molecule has 1 aromatic rings. The fraction of sp³-hybridized carbons (Fsp3) is 0.571. The molecule has 0 amide bonds. The number of nitrogens with zero attached hydrogens (tertiary/aromatic N) is 1.